The standard InChI is InChI=1S/C42H80O4/c1-3-5-7-8-9-10-11-12-14-19-22-25-28-31-35-39-42(45)46-40(36-32-6-4-2)37-33-29-26-23-20-17-15-13-16-18-21-24-27-30-34-38-41(43)44/h12,14,40H,3-11,13,15-39H2,1-2H3,(H,43,44)/b14-12-. The van der Waals surface area contributed by atoms with Crippen molar-refractivity contribution in [2.24, 2.45) is 0 Å². The number of rotatable bonds is 38. The number of unbranched alkanes of at least 4 members (excludes halogenated alkanes) is 27. The van der Waals surface area contributed by atoms with Gasteiger partial charge in [-0.25, -0.2) is 0 Å². The SMILES string of the molecule is CCCCCCCC/C=C\CCCCCCCC(=O)OC(CCCCC)CCCCCCCCCCCCCCCCCC(=O)O. The van der Waals surface area contributed by atoms with E-state index >= 15 is 0 Å². The number of carbonyl (C=O) groups is 2. The summed E-state index contributed by atoms with van der Waals surface area (Å²) in [5, 5.41) is 8.67. The van der Waals surface area contributed by atoms with Crippen molar-refractivity contribution in [3.05, 3.63) is 12.2 Å². The lowest BCUT2D eigenvalue weighted by atomic mass is 10.0. The molecule has 0 aromatic carbocycles. The number of hydrogen-bond acceptors (Lipinski definition) is 3. The summed E-state index contributed by atoms with van der Waals surface area (Å²) in [6, 6.07) is 0. The summed E-state index contributed by atoms with van der Waals surface area (Å²) in [5.74, 6) is -0.626. The van der Waals surface area contributed by atoms with Crippen LogP contribution in [0.4, 0.5) is 0 Å². The molecule has 0 aromatic rings. The average Bonchev–Trinajstić information content (AvgIpc) is 3.04. The van der Waals surface area contributed by atoms with Crippen LogP contribution in [0.2, 0.25) is 0 Å². The third-order valence-corrected chi connectivity index (χ3v) is 9.49. The Hall–Kier alpha value is -1.32. The lowest BCUT2D eigenvalue weighted by molar-refractivity contribution is -0.150. The van der Waals surface area contributed by atoms with Crippen LogP contribution in [-0.2, 0) is 14.3 Å². The van der Waals surface area contributed by atoms with Crippen molar-refractivity contribution in [1.29, 1.82) is 0 Å². The molecule has 1 unspecified atom stereocenters. The highest BCUT2D eigenvalue weighted by molar-refractivity contribution is 5.69. The summed E-state index contributed by atoms with van der Waals surface area (Å²) in [5.41, 5.74) is 0. The fourth-order valence-electron chi connectivity index (χ4n) is 6.42. The quantitative estimate of drug-likeness (QED) is 0.0411. The minimum atomic E-state index is -0.663. The van der Waals surface area contributed by atoms with Crippen molar-refractivity contribution < 1.29 is 19.4 Å². The molecule has 0 saturated carbocycles. The maximum atomic E-state index is 12.6. The average molecular weight is 649 g/mol. The van der Waals surface area contributed by atoms with Crippen LogP contribution >= 0.6 is 0 Å². The highest BCUT2D eigenvalue weighted by atomic mass is 16.5. The van der Waals surface area contributed by atoms with E-state index in [1.807, 2.05) is 0 Å². The van der Waals surface area contributed by atoms with Crippen molar-refractivity contribution in [3.8, 4) is 0 Å². The van der Waals surface area contributed by atoms with Crippen LogP contribution in [0.15, 0.2) is 12.2 Å². The summed E-state index contributed by atoms with van der Waals surface area (Å²) in [4.78, 5) is 23.1. The fourth-order valence-corrected chi connectivity index (χ4v) is 6.42. The summed E-state index contributed by atoms with van der Waals surface area (Å²) in [7, 11) is 0. The normalized spacial score (nSPS) is 12.2. The Labute approximate surface area is 287 Å². The number of hydrogen-bond donors (Lipinski definition) is 1. The fraction of sp³-hybridized carbons (Fsp3) is 0.905. The third kappa shape index (κ3) is 37.1. The van der Waals surface area contributed by atoms with Gasteiger partial charge in [0.2, 0.25) is 0 Å². The first kappa shape index (κ1) is 44.7. The number of carbonyl (C=O) groups excluding carboxylic acids is 1. The zero-order chi connectivity index (χ0) is 33.6. The van der Waals surface area contributed by atoms with E-state index in [1.165, 1.54) is 173 Å². The zero-order valence-electron chi connectivity index (χ0n) is 31.2. The largest absolute Gasteiger partial charge is 0.481 e. The summed E-state index contributed by atoms with van der Waals surface area (Å²) in [6.07, 6.45) is 47.0. The molecule has 0 aromatic heterocycles. The maximum absolute atomic E-state index is 12.6. The van der Waals surface area contributed by atoms with E-state index in [0.717, 1.165) is 38.5 Å². The molecule has 0 spiro atoms. The number of allylic oxidation sites excluding steroid dienone is 2. The summed E-state index contributed by atoms with van der Waals surface area (Å²) in [6.45, 7) is 4.52. The minimum Gasteiger partial charge on any atom is -0.481 e. The lowest BCUT2D eigenvalue weighted by Crippen LogP contribution is -2.18. The molecular formula is C42H80O4. The summed E-state index contributed by atoms with van der Waals surface area (Å²) >= 11 is 0. The van der Waals surface area contributed by atoms with Crippen molar-refractivity contribution >= 4 is 11.9 Å². The van der Waals surface area contributed by atoms with Gasteiger partial charge in [-0.3, -0.25) is 9.59 Å². The molecule has 0 heterocycles. The van der Waals surface area contributed by atoms with Crippen LogP contribution in [0.1, 0.15) is 239 Å². The highest BCUT2D eigenvalue weighted by Crippen LogP contribution is 2.18. The number of aliphatic carboxylic acids is 1. The Bertz CT molecular complexity index is 658. The van der Waals surface area contributed by atoms with E-state index in [0.29, 0.717) is 12.8 Å². The Kier molecular flexibility index (Phi) is 37.0. The van der Waals surface area contributed by atoms with E-state index in [2.05, 4.69) is 26.0 Å². The van der Waals surface area contributed by atoms with Gasteiger partial charge in [-0.05, 0) is 64.2 Å². The Morgan fingerprint density at radius 3 is 1.22 bits per heavy atom. The first-order chi connectivity index (χ1) is 22.6. The van der Waals surface area contributed by atoms with Crippen LogP contribution in [0.5, 0.6) is 0 Å². The van der Waals surface area contributed by atoms with Crippen LogP contribution < -0.4 is 0 Å². The van der Waals surface area contributed by atoms with Gasteiger partial charge < -0.3 is 9.84 Å². The van der Waals surface area contributed by atoms with Gasteiger partial charge in [-0.2, -0.15) is 0 Å². The van der Waals surface area contributed by atoms with Crippen molar-refractivity contribution in [2.75, 3.05) is 0 Å². The van der Waals surface area contributed by atoms with E-state index in [4.69, 9.17) is 9.84 Å². The first-order valence-electron chi connectivity index (χ1n) is 20.7. The molecule has 272 valence electrons. The molecular weight excluding hydrogens is 568 g/mol. The Morgan fingerprint density at radius 2 is 0.783 bits per heavy atom. The van der Waals surface area contributed by atoms with Gasteiger partial charge in [-0.1, -0.05) is 174 Å². The molecule has 0 rings (SSSR count). The van der Waals surface area contributed by atoms with Crippen LogP contribution in [0, 0.1) is 0 Å². The monoisotopic (exact) mass is 649 g/mol. The van der Waals surface area contributed by atoms with E-state index in [-0.39, 0.29) is 12.1 Å². The maximum Gasteiger partial charge on any atom is 0.306 e. The molecule has 0 saturated heterocycles. The summed E-state index contributed by atoms with van der Waals surface area (Å²) < 4.78 is 5.98. The van der Waals surface area contributed by atoms with E-state index in [1.54, 1.807) is 0 Å². The van der Waals surface area contributed by atoms with Crippen molar-refractivity contribution in [2.45, 2.75) is 245 Å². The predicted octanol–water partition coefficient (Wildman–Crippen LogP) is 14.2. The smallest absolute Gasteiger partial charge is 0.306 e. The second kappa shape index (κ2) is 38.1. The Morgan fingerprint density at radius 1 is 0.457 bits per heavy atom. The van der Waals surface area contributed by atoms with Gasteiger partial charge in [0.05, 0.1) is 0 Å². The lowest BCUT2D eigenvalue weighted by Gasteiger charge is -2.18. The molecule has 0 bridgehead atoms. The second-order valence-electron chi connectivity index (χ2n) is 14.2. The van der Waals surface area contributed by atoms with E-state index in [9.17, 15) is 9.59 Å². The van der Waals surface area contributed by atoms with Gasteiger partial charge in [0.1, 0.15) is 6.10 Å². The zero-order valence-corrected chi connectivity index (χ0v) is 31.2. The molecule has 4 nitrogen and oxygen atoms in total. The second-order valence-corrected chi connectivity index (χ2v) is 14.2. The molecule has 0 radical (unpaired) electrons. The molecule has 0 aliphatic carbocycles. The number of carboxylic acid groups (broad SMARTS) is 1. The van der Waals surface area contributed by atoms with Gasteiger partial charge in [0, 0.05) is 12.8 Å². The molecule has 0 aliphatic rings. The predicted molar refractivity (Wildman–Crippen MR) is 200 cm³/mol. The van der Waals surface area contributed by atoms with Crippen molar-refractivity contribution in [1.82, 2.24) is 0 Å². The molecule has 0 aliphatic heterocycles. The van der Waals surface area contributed by atoms with Gasteiger partial charge >= 0.3 is 11.9 Å². The van der Waals surface area contributed by atoms with Crippen LogP contribution in [0.3, 0.4) is 0 Å². The number of carboxylic acids is 1. The minimum absolute atomic E-state index is 0.0369. The number of ether oxygens (including phenoxy) is 1. The molecule has 1 atom stereocenters. The van der Waals surface area contributed by atoms with E-state index < -0.39 is 5.97 Å². The number of esters is 1. The molecule has 0 amide bonds. The van der Waals surface area contributed by atoms with Crippen molar-refractivity contribution in [3.63, 3.8) is 0 Å². The third-order valence-electron chi connectivity index (χ3n) is 9.49. The van der Waals surface area contributed by atoms with Gasteiger partial charge in [-0.15, -0.1) is 0 Å². The Balaban J connectivity index is 3.69. The topological polar surface area (TPSA) is 63.6 Å². The van der Waals surface area contributed by atoms with Crippen LogP contribution in [0.25, 0.3) is 0 Å². The molecule has 1 N–H and O–H groups in total. The first-order valence-corrected chi connectivity index (χ1v) is 20.7. The molecule has 0 fully saturated rings. The molecule has 46 heavy (non-hydrogen) atoms. The highest BCUT2D eigenvalue weighted by Gasteiger charge is 2.14. The molecule has 4 heteroatoms. The van der Waals surface area contributed by atoms with Gasteiger partial charge in [0.25, 0.3) is 0 Å². The van der Waals surface area contributed by atoms with Gasteiger partial charge in [0.15, 0.2) is 0 Å². The van der Waals surface area contributed by atoms with Crippen LogP contribution in [-0.4, -0.2) is 23.1 Å².